The number of benzene rings is 1. The lowest BCUT2D eigenvalue weighted by atomic mass is 9.63. The number of hydrogen-bond acceptors (Lipinski definition) is 5. The number of ether oxygens (including phenoxy) is 2. The molecule has 1 aromatic rings. The molecule has 4 aliphatic heterocycles. The Balaban J connectivity index is 1.01. The number of hydrogen-bond donors (Lipinski definition) is 0. The van der Waals surface area contributed by atoms with Gasteiger partial charge in [0.05, 0.1) is 19.2 Å². The molecule has 7 nitrogen and oxygen atoms in total. The minimum absolute atomic E-state index is 0.0169. The molecule has 0 unspecified atom stereocenters. The molecule has 1 saturated carbocycles. The van der Waals surface area contributed by atoms with E-state index in [0.29, 0.717) is 43.0 Å². The van der Waals surface area contributed by atoms with Crippen molar-refractivity contribution >= 4 is 29.1 Å². The zero-order valence-electron chi connectivity index (χ0n) is 18.3. The van der Waals surface area contributed by atoms with Gasteiger partial charge in [-0.05, 0) is 31.4 Å². The molecule has 6 rings (SSSR count). The van der Waals surface area contributed by atoms with Gasteiger partial charge in [0.25, 0.3) is 0 Å². The molecule has 0 bridgehead atoms. The normalized spacial score (nSPS) is 29.2. The maximum atomic E-state index is 12.9. The second kappa shape index (κ2) is 7.80. The number of likely N-dealkylation sites (tertiary alicyclic amines) is 2. The summed E-state index contributed by atoms with van der Waals surface area (Å²) in [6.45, 7) is 4.90. The van der Waals surface area contributed by atoms with Crippen molar-refractivity contribution in [2.45, 2.75) is 44.3 Å². The van der Waals surface area contributed by atoms with Crippen LogP contribution < -0.4 is 9.64 Å². The Labute approximate surface area is 193 Å². The summed E-state index contributed by atoms with van der Waals surface area (Å²) >= 11 is 6.37. The largest absolute Gasteiger partial charge is 0.487 e. The minimum Gasteiger partial charge on any atom is -0.487 e. The molecule has 0 aromatic heterocycles. The Morgan fingerprint density at radius 1 is 1.12 bits per heavy atom. The van der Waals surface area contributed by atoms with Crippen molar-refractivity contribution in [2.75, 3.05) is 50.8 Å². The van der Waals surface area contributed by atoms with Gasteiger partial charge in [0.1, 0.15) is 18.5 Å². The fraction of sp³-hybridized carbons (Fsp3) is 0.667. The molecule has 1 aliphatic carbocycles. The molecule has 8 heteroatoms. The van der Waals surface area contributed by atoms with Crippen LogP contribution in [0.25, 0.3) is 0 Å². The number of carbonyl (C=O) groups is 2. The zero-order valence-corrected chi connectivity index (χ0v) is 19.1. The molecule has 32 heavy (non-hydrogen) atoms. The summed E-state index contributed by atoms with van der Waals surface area (Å²) in [7, 11) is 0. The number of carbonyl (C=O) groups excluding carboxylic acids is 2. The van der Waals surface area contributed by atoms with Gasteiger partial charge < -0.3 is 24.2 Å². The lowest BCUT2D eigenvalue weighted by Crippen LogP contribution is -2.61. The second-order valence-corrected chi connectivity index (χ2v) is 10.8. The standard InChI is InChI=1S/C24H30ClN3O4/c25-17-7-18(28-14-24(15-28)3-1-4-24)9-20(8-17)32-21-11-27(12-21)23(30)26-5-2-22-16(10-26)6-19(29)13-31-22/h7-9,16,21-22H,1-6,10-15H2/t16-,22+/m1/s1. The van der Waals surface area contributed by atoms with E-state index in [1.165, 1.54) is 19.3 Å². The van der Waals surface area contributed by atoms with Gasteiger partial charge in [-0.1, -0.05) is 18.0 Å². The van der Waals surface area contributed by atoms with Gasteiger partial charge in [0.2, 0.25) is 0 Å². The van der Waals surface area contributed by atoms with Gasteiger partial charge in [0, 0.05) is 60.7 Å². The molecule has 4 heterocycles. The van der Waals surface area contributed by atoms with E-state index in [0.717, 1.165) is 30.9 Å². The third-order valence-electron chi connectivity index (χ3n) is 7.99. The van der Waals surface area contributed by atoms with E-state index in [1.807, 2.05) is 21.9 Å². The molecule has 1 aromatic carbocycles. The zero-order chi connectivity index (χ0) is 21.9. The monoisotopic (exact) mass is 459 g/mol. The topological polar surface area (TPSA) is 62.3 Å². The second-order valence-electron chi connectivity index (χ2n) is 10.4. The van der Waals surface area contributed by atoms with Gasteiger partial charge in [-0.15, -0.1) is 0 Å². The molecule has 4 saturated heterocycles. The fourth-order valence-corrected chi connectivity index (χ4v) is 6.17. The summed E-state index contributed by atoms with van der Waals surface area (Å²) in [5.41, 5.74) is 1.69. The summed E-state index contributed by atoms with van der Waals surface area (Å²) in [5.74, 6) is 1.05. The highest BCUT2D eigenvalue weighted by molar-refractivity contribution is 6.31. The first-order valence-corrected chi connectivity index (χ1v) is 12.2. The van der Waals surface area contributed by atoms with Crippen LogP contribution >= 0.6 is 11.6 Å². The molecule has 1 spiro atoms. The number of Topliss-reactive ketones (excluding diaryl/α,β-unsaturated/α-hetero) is 1. The number of amides is 2. The number of rotatable bonds is 3. The minimum atomic E-state index is -0.0169. The summed E-state index contributed by atoms with van der Waals surface area (Å²) in [6, 6.07) is 5.99. The number of fused-ring (bicyclic) bond motifs is 1. The molecule has 2 amide bonds. The molecule has 172 valence electrons. The van der Waals surface area contributed by atoms with Crippen LogP contribution in [0.4, 0.5) is 10.5 Å². The molecular weight excluding hydrogens is 430 g/mol. The average Bonchev–Trinajstić information content (AvgIpc) is 2.67. The SMILES string of the molecule is O=C1CO[C@H]2CCN(C(=O)N3CC(Oc4cc(Cl)cc(N5CC6(CCC6)C5)c4)C3)C[C@H]2C1. The van der Waals surface area contributed by atoms with E-state index in [1.54, 1.807) is 0 Å². The van der Waals surface area contributed by atoms with Gasteiger partial charge in [-0.2, -0.15) is 0 Å². The molecule has 0 radical (unpaired) electrons. The Morgan fingerprint density at radius 3 is 2.69 bits per heavy atom. The Morgan fingerprint density at radius 2 is 1.94 bits per heavy atom. The van der Waals surface area contributed by atoms with Crippen molar-refractivity contribution in [2.24, 2.45) is 11.3 Å². The van der Waals surface area contributed by atoms with Crippen LogP contribution in [0.5, 0.6) is 5.75 Å². The van der Waals surface area contributed by atoms with Crippen LogP contribution in [-0.4, -0.2) is 79.7 Å². The highest BCUT2D eigenvalue weighted by Crippen LogP contribution is 2.50. The van der Waals surface area contributed by atoms with E-state index >= 15 is 0 Å². The van der Waals surface area contributed by atoms with Gasteiger partial charge in [-0.3, -0.25) is 4.79 Å². The van der Waals surface area contributed by atoms with E-state index in [-0.39, 0.29) is 36.5 Å². The van der Waals surface area contributed by atoms with Crippen LogP contribution in [-0.2, 0) is 9.53 Å². The van der Waals surface area contributed by atoms with Crippen molar-refractivity contribution < 1.29 is 19.1 Å². The maximum Gasteiger partial charge on any atom is 0.320 e. The number of urea groups is 1. The fourth-order valence-electron chi connectivity index (χ4n) is 5.95. The van der Waals surface area contributed by atoms with E-state index in [2.05, 4.69) is 11.0 Å². The molecule has 0 N–H and O–H groups in total. The van der Waals surface area contributed by atoms with Crippen LogP contribution in [0, 0.1) is 11.3 Å². The van der Waals surface area contributed by atoms with Crippen LogP contribution in [0.15, 0.2) is 18.2 Å². The van der Waals surface area contributed by atoms with E-state index in [9.17, 15) is 9.59 Å². The highest BCUT2D eigenvalue weighted by atomic mass is 35.5. The maximum absolute atomic E-state index is 12.9. The van der Waals surface area contributed by atoms with Gasteiger partial charge >= 0.3 is 6.03 Å². The van der Waals surface area contributed by atoms with Crippen LogP contribution in [0.1, 0.15) is 32.1 Å². The lowest BCUT2D eigenvalue weighted by Gasteiger charge is -2.57. The molecular formula is C24H30ClN3O4. The predicted molar refractivity (Wildman–Crippen MR) is 120 cm³/mol. The summed E-state index contributed by atoms with van der Waals surface area (Å²) in [4.78, 5) is 30.7. The van der Waals surface area contributed by atoms with Crippen LogP contribution in [0.2, 0.25) is 5.02 Å². The third kappa shape index (κ3) is 3.73. The van der Waals surface area contributed by atoms with E-state index in [4.69, 9.17) is 21.1 Å². The van der Waals surface area contributed by atoms with Crippen molar-refractivity contribution in [3.8, 4) is 5.75 Å². The summed E-state index contributed by atoms with van der Waals surface area (Å²) in [6.07, 6.45) is 5.49. The quantitative estimate of drug-likeness (QED) is 0.694. The Kier molecular flexibility index (Phi) is 5.02. The van der Waals surface area contributed by atoms with Crippen molar-refractivity contribution in [3.05, 3.63) is 23.2 Å². The molecule has 2 atom stereocenters. The first kappa shape index (κ1) is 20.6. The summed E-state index contributed by atoms with van der Waals surface area (Å²) in [5, 5.41) is 0.687. The third-order valence-corrected chi connectivity index (χ3v) is 8.21. The number of nitrogens with zero attached hydrogens (tertiary/aromatic N) is 3. The van der Waals surface area contributed by atoms with Gasteiger partial charge in [0.15, 0.2) is 5.78 Å². The Bertz CT molecular complexity index is 922. The van der Waals surface area contributed by atoms with Gasteiger partial charge in [-0.25, -0.2) is 4.79 Å². The number of halogens is 1. The number of piperidine rings is 1. The predicted octanol–water partition coefficient (Wildman–Crippen LogP) is 3.19. The van der Waals surface area contributed by atoms with Crippen molar-refractivity contribution in [1.29, 1.82) is 0 Å². The van der Waals surface area contributed by atoms with Crippen molar-refractivity contribution in [1.82, 2.24) is 9.80 Å². The van der Waals surface area contributed by atoms with E-state index < -0.39 is 0 Å². The lowest BCUT2D eigenvalue weighted by molar-refractivity contribution is -0.140. The molecule has 5 fully saturated rings. The Hall–Kier alpha value is -1.99. The highest BCUT2D eigenvalue weighted by Gasteiger charge is 2.47. The first-order valence-electron chi connectivity index (χ1n) is 11.9. The number of ketones is 1. The smallest absolute Gasteiger partial charge is 0.320 e. The first-order chi connectivity index (χ1) is 15.5. The average molecular weight is 460 g/mol. The summed E-state index contributed by atoms with van der Waals surface area (Å²) < 4.78 is 11.8. The van der Waals surface area contributed by atoms with Crippen molar-refractivity contribution in [3.63, 3.8) is 0 Å². The molecule has 5 aliphatic rings. The van der Waals surface area contributed by atoms with Crippen LogP contribution in [0.3, 0.4) is 0 Å². The number of anilines is 1.